The number of rotatable bonds is 8. The van der Waals surface area contributed by atoms with Gasteiger partial charge >= 0.3 is 5.97 Å². The number of hydrogen-bond acceptors (Lipinski definition) is 8. The zero-order chi connectivity index (χ0) is 25.7. The van der Waals surface area contributed by atoms with Crippen molar-refractivity contribution in [1.29, 1.82) is 0 Å². The summed E-state index contributed by atoms with van der Waals surface area (Å²) < 4.78 is 38.9. The van der Waals surface area contributed by atoms with Crippen molar-refractivity contribution in [1.82, 2.24) is 14.1 Å². The summed E-state index contributed by atoms with van der Waals surface area (Å²) in [4.78, 5) is 24.5. The van der Waals surface area contributed by atoms with Gasteiger partial charge in [0.25, 0.3) is 5.56 Å². The van der Waals surface area contributed by atoms with Crippen LogP contribution in [0.4, 0.5) is 5.69 Å². The van der Waals surface area contributed by atoms with E-state index in [2.05, 4.69) is 15.2 Å². The van der Waals surface area contributed by atoms with Gasteiger partial charge in [-0.15, -0.1) is 0 Å². The highest BCUT2D eigenvalue weighted by Gasteiger charge is 2.30. The molecule has 1 aromatic heterocycles. The topological polar surface area (TPSA) is 120 Å². The Morgan fingerprint density at radius 3 is 2.58 bits per heavy atom. The number of methoxy groups -OCH3 is 1. The molecule has 1 aromatic carbocycles. The second kappa shape index (κ2) is 11.7. The van der Waals surface area contributed by atoms with E-state index in [1.54, 1.807) is 30.5 Å². The number of aromatic nitrogens is 2. The number of benzene rings is 1. The first kappa shape index (κ1) is 26.6. The molecule has 1 atom stereocenters. The Morgan fingerprint density at radius 1 is 1.22 bits per heavy atom. The zero-order valence-electron chi connectivity index (χ0n) is 20.2. The van der Waals surface area contributed by atoms with Crippen molar-refractivity contribution >= 4 is 33.3 Å². The Bertz CT molecular complexity index is 1220. The minimum absolute atomic E-state index is 0.0900. The molecule has 0 radical (unpaired) electrons. The Kier molecular flexibility index (Phi) is 8.66. The van der Waals surface area contributed by atoms with Crippen LogP contribution < -0.4 is 10.9 Å². The lowest BCUT2D eigenvalue weighted by Crippen LogP contribution is -2.42. The lowest BCUT2D eigenvalue weighted by molar-refractivity contribution is 0.0594. The van der Waals surface area contributed by atoms with E-state index in [0.29, 0.717) is 48.7 Å². The normalized spacial score (nSPS) is 19.7. The molecule has 2 aromatic rings. The minimum atomic E-state index is -3.56. The van der Waals surface area contributed by atoms with E-state index in [1.807, 2.05) is 0 Å². The van der Waals surface area contributed by atoms with Crippen LogP contribution in [0.2, 0.25) is 5.02 Å². The standard InChI is InChI=1S/C24H31ClN4O6S/c1-34-24(31)19-6-4-17(5-7-19)16-36(32,33)28-10-8-20(9-11-28)29-23(30)22(25)21(14-27-29)26-13-18-3-2-12-35-15-18/h4-7,14,18,20,26H,2-3,8-13,15-16H2,1H3/t18-/m1/s1. The number of esters is 1. The van der Waals surface area contributed by atoms with E-state index in [0.717, 1.165) is 19.4 Å². The van der Waals surface area contributed by atoms with Gasteiger partial charge < -0.3 is 14.8 Å². The second-order valence-corrected chi connectivity index (χ2v) is 11.5. The average molecular weight is 539 g/mol. The van der Waals surface area contributed by atoms with Crippen molar-refractivity contribution in [2.75, 3.05) is 45.3 Å². The Morgan fingerprint density at radius 2 is 1.94 bits per heavy atom. The largest absolute Gasteiger partial charge is 0.465 e. The van der Waals surface area contributed by atoms with Crippen LogP contribution in [0, 0.1) is 5.92 Å². The fraction of sp³-hybridized carbons (Fsp3) is 0.542. The van der Waals surface area contributed by atoms with E-state index in [1.165, 1.54) is 16.1 Å². The van der Waals surface area contributed by atoms with Crippen LogP contribution in [0.15, 0.2) is 35.3 Å². The molecule has 3 heterocycles. The first-order valence-corrected chi connectivity index (χ1v) is 14.0. The summed E-state index contributed by atoms with van der Waals surface area (Å²) in [6, 6.07) is 6.08. The molecule has 12 heteroatoms. The van der Waals surface area contributed by atoms with Gasteiger partial charge in [-0.1, -0.05) is 23.7 Å². The predicted molar refractivity (Wildman–Crippen MR) is 136 cm³/mol. The van der Waals surface area contributed by atoms with Gasteiger partial charge in [0.1, 0.15) is 5.02 Å². The highest BCUT2D eigenvalue weighted by molar-refractivity contribution is 7.88. The number of carbonyl (C=O) groups excluding carboxylic acids is 1. The molecule has 0 unspecified atom stereocenters. The summed E-state index contributed by atoms with van der Waals surface area (Å²) in [6.45, 7) is 2.70. The van der Waals surface area contributed by atoms with Gasteiger partial charge in [0.15, 0.2) is 0 Å². The van der Waals surface area contributed by atoms with Crippen molar-refractivity contribution < 1.29 is 22.7 Å². The van der Waals surface area contributed by atoms with Gasteiger partial charge in [-0.3, -0.25) is 4.79 Å². The summed E-state index contributed by atoms with van der Waals surface area (Å²) in [6.07, 6.45) is 4.56. The maximum Gasteiger partial charge on any atom is 0.337 e. The van der Waals surface area contributed by atoms with Crippen LogP contribution in [0.5, 0.6) is 0 Å². The number of nitrogens with one attached hydrogen (secondary N) is 1. The molecule has 0 amide bonds. The number of ether oxygens (including phenoxy) is 2. The Balaban J connectivity index is 1.34. The first-order valence-electron chi connectivity index (χ1n) is 12.0. The average Bonchev–Trinajstić information content (AvgIpc) is 2.90. The summed E-state index contributed by atoms with van der Waals surface area (Å²) in [5.74, 6) is -0.275. The van der Waals surface area contributed by atoms with Crippen LogP contribution in [0.3, 0.4) is 0 Å². The van der Waals surface area contributed by atoms with E-state index in [9.17, 15) is 18.0 Å². The van der Waals surface area contributed by atoms with Gasteiger partial charge in [0.2, 0.25) is 10.0 Å². The van der Waals surface area contributed by atoms with Gasteiger partial charge in [-0.2, -0.15) is 5.10 Å². The molecular formula is C24H31ClN4O6S. The molecule has 4 rings (SSSR count). The zero-order valence-corrected chi connectivity index (χ0v) is 21.8. The number of sulfonamides is 1. The number of anilines is 1. The van der Waals surface area contributed by atoms with Crippen LogP contribution in [0.1, 0.15) is 47.6 Å². The third-order valence-electron chi connectivity index (χ3n) is 6.67. The number of piperidine rings is 1. The highest BCUT2D eigenvalue weighted by atomic mass is 35.5. The molecular weight excluding hydrogens is 508 g/mol. The van der Waals surface area contributed by atoms with E-state index in [-0.39, 0.29) is 35.5 Å². The van der Waals surface area contributed by atoms with Crippen molar-refractivity contribution in [3.63, 3.8) is 0 Å². The molecule has 2 saturated heterocycles. The summed E-state index contributed by atoms with van der Waals surface area (Å²) in [7, 11) is -2.27. The molecule has 36 heavy (non-hydrogen) atoms. The number of halogens is 1. The molecule has 0 bridgehead atoms. The molecule has 0 saturated carbocycles. The van der Waals surface area contributed by atoms with Gasteiger partial charge in [0, 0.05) is 26.2 Å². The molecule has 0 aliphatic carbocycles. The predicted octanol–water partition coefficient (Wildman–Crippen LogP) is 2.69. The van der Waals surface area contributed by atoms with Crippen molar-refractivity contribution in [3.8, 4) is 0 Å². The third kappa shape index (κ3) is 6.26. The summed E-state index contributed by atoms with van der Waals surface area (Å²) in [5.41, 5.74) is 1.06. The first-order chi connectivity index (χ1) is 17.3. The van der Waals surface area contributed by atoms with E-state index in [4.69, 9.17) is 16.3 Å². The SMILES string of the molecule is COC(=O)c1ccc(CS(=O)(=O)N2CCC(n3ncc(NC[C@H]4CCCOC4)c(Cl)c3=O)CC2)cc1. The maximum atomic E-state index is 13.0. The summed E-state index contributed by atoms with van der Waals surface area (Å²) >= 11 is 6.36. The monoisotopic (exact) mass is 538 g/mol. The lowest BCUT2D eigenvalue weighted by atomic mass is 10.0. The fourth-order valence-corrected chi connectivity index (χ4v) is 6.34. The van der Waals surface area contributed by atoms with Crippen LogP contribution in [-0.4, -0.2) is 68.4 Å². The second-order valence-electron chi connectivity index (χ2n) is 9.16. The molecule has 196 valence electrons. The molecule has 2 aliphatic heterocycles. The van der Waals surface area contributed by atoms with Gasteiger partial charge in [-0.05, 0) is 49.3 Å². The maximum absolute atomic E-state index is 13.0. The van der Waals surface area contributed by atoms with E-state index < -0.39 is 16.0 Å². The Hall–Kier alpha value is -2.47. The highest BCUT2D eigenvalue weighted by Crippen LogP contribution is 2.26. The van der Waals surface area contributed by atoms with E-state index >= 15 is 0 Å². The lowest BCUT2D eigenvalue weighted by Gasteiger charge is -2.31. The number of carbonyl (C=O) groups is 1. The molecule has 1 N–H and O–H groups in total. The summed E-state index contributed by atoms with van der Waals surface area (Å²) in [5, 5.41) is 7.64. The third-order valence-corrected chi connectivity index (χ3v) is 8.88. The molecule has 10 nitrogen and oxygen atoms in total. The molecule has 2 aliphatic rings. The quantitative estimate of drug-likeness (QED) is 0.509. The van der Waals surface area contributed by atoms with Crippen LogP contribution in [0.25, 0.3) is 0 Å². The van der Waals surface area contributed by atoms with Crippen LogP contribution >= 0.6 is 11.6 Å². The van der Waals surface area contributed by atoms with Crippen molar-refractivity contribution in [2.24, 2.45) is 5.92 Å². The number of hydrogen-bond donors (Lipinski definition) is 1. The van der Waals surface area contributed by atoms with Gasteiger partial charge in [-0.25, -0.2) is 22.2 Å². The minimum Gasteiger partial charge on any atom is -0.465 e. The smallest absolute Gasteiger partial charge is 0.337 e. The Labute approximate surface area is 215 Å². The van der Waals surface area contributed by atoms with Crippen LogP contribution in [-0.2, 0) is 25.2 Å². The van der Waals surface area contributed by atoms with Crippen molar-refractivity contribution in [3.05, 3.63) is 57.0 Å². The van der Waals surface area contributed by atoms with Crippen molar-refractivity contribution in [2.45, 2.75) is 37.5 Å². The molecule has 2 fully saturated rings. The molecule has 0 spiro atoms. The number of nitrogens with zero attached hydrogens (tertiary/aromatic N) is 3. The van der Waals surface area contributed by atoms with Gasteiger partial charge in [0.05, 0.1) is 43.0 Å². The fourth-order valence-electron chi connectivity index (χ4n) is 4.57.